The van der Waals surface area contributed by atoms with Crippen LogP contribution < -0.4 is 10.6 Å². The Morgan fingerprint density at radius 1 is 1.13 bits per heavy atom. The van der Waals surface area contributed by atoms with Crippen LogP contribution in [0, 0.1) is 0 Å². The number of piperazine rings is 1. The minimum Gasteiger partial charge on any atom is -0.369 e. The molecule has 0 spiro atoms. The van der Waals surface area contributed by atoms with E-state index in [0.717, 1.165) is 60.7 Å². The van der Waals surface area contributed by atoms with E-state index in [1.54, 1.807) is 0 Å². The number of hydrogen-bond acceptors (Lipinski definition) is 5. The Labute approximate surface area is 178 Å². The highest BCUT2D eigenvalue weighted by atomic mass is 16.3. The number of rotatable bonds is 5. The van der Waals surface area contributed by atoms with E-state index in [9.17, 15) is 9.90 Å². The minimum absolute atomic E-state index is 0.0674. The topological polar surface area (TPSA) is 67.8 Å². The average molecular weight is 407 g/mol. The first-order valence-electron chi connectivity index (χ1n) is 10.5. The van der Waals surface area contributed by atoms with Gasteiger partial charge in [0.25, 0.3) is 0 Å². The Kier molecular flexibility index (Phi) is 6.18. The Bertz CT molecular complexity index is 931. The lowest BCUT2D eigenvalue weighted by atomic mass is 9.94. The molecule has 2 aromatic carbocycles. The Hall–Kier alpha value is -2.67. The average Bonchev–Trinajstić information content (AvgIpc) is 2.74. The first kappa shape index (κ1) is 20.6. The first-order chi connectivity index (χ1) is 14.5. The van der Waals surface area contributed by atoms with Gasteiger partial charge in [-0.15, -0.1) is 0 Å². The molecule has 6 nitrogen and oxygen atoms in total. The summed E-state index contributed by atoms with van der Waals surface area (Å²) in [6.07, 6.45) is 1.29. The fourth-order valence-electron chi connectivity index (χ4n) is 4.05. The summed E-state index contributed by atoms with van der Waals surface area (Å²) in [4.78, 5) is 16.2. The van der Waals surface area contributed by atoms with Crippen LogP contribution in [0.5, 0.6) is 0 Å². The van der Waals surface area contributed by atoms with Crippen molar-refractivity contribution in [3.8, 4) is 0 Å². The van der Waals surface area contributed by atoms with Crippen molar-refractivity contribution in [1.82, 2.24) is 20.4 Å². The zero-order valence-electron chi connectivity index (χ0n) is 17.7. The molecule has 1 amide bonds. The van der Waals surface area contributed by atoms with Crippen LogP contribution >= 0.6 is 0 Å². The molecule has 0 aliphatic carbocycles. The number of nitrogens with one attached hydrogen (secondary N) is 2. The zero-order valence-corrected chi connectivity index (χ0v) is 17.7. The number of carbonyl (C=O) groups excluding carboxylic acids is 1. The maximum absolute atomic E-state index is 11.3. The largest absolute Gasteiger partial charge is 0.369 e. The third-order valence-electron chi connectivity index (χ3n) is 5.90. The molecule has 0 aromatic heterocycles. The van der Waals surface area contributed by atoms with E-state index >= 15 is 0 Å². The lowest BCUT2D eigenvalue weighted by Crippen LogP contribution is -2.43. The molecule has 6 heteroatoms. The third kappa shape index (κ3) is 4.73. The van der Waals surface area contributed by atoms with Crippen LogP contribution in [0.15, 0.2) is 42.5 Å². The summed E-state index contributed by atoms with van der Waals surface area (Å²) in [5, 5.41) is 16.7. The van der Waals surface area contributed by atoms with Crippen molar-refractivity contribution >= 4 is 17.7 Å². The second-order valence-corrected chi connectivity index (χ2v) is 8.21. The fraction of sp³-hybridized carbons (Fsp3) is 0.375. The molecular weight excluding hydrogens is 376 g/mol. The number of aliphatic hydroxyl groups is 1. The molecule has 1 unspecified atom stereocenters. The lowest BCUT2D eigenvalue weighted by Gasteiger charge is -2.32. The molecule has 1 fully saturated rings. The van der Waals surface area contributed by atoms with Crippen LogP contribution in [0.3, 0.4) is 0 Å². The normalized spacial score (nSPS) is 19.6. The predicted molar refractivity (Wildman–Crippen MR) is 119 cm³/mol. The number of fused-ring (bicyclic) bond motifs is 1. The molecule has 1 atom stereocenters. The van der Waals surface area contributed by atoms with Crippen LogP contribution in [0.1, 0.15) is 41.0 Å². The summed E-state index contributed by atoms with van der Waals surface area (Å²) in [7, 11) is 2.17. The van der Waals surface area contributed by atoms with Gasteiger partial charge in [-0.25, -0.2) is 0 Å². The second-order valence-electron chi connectivity index (χ2n) is 8.21. The SMILES string of the molecule is CC(=O)NCc1cccc2c1C=C(c1ccc(CN3CCN(C)CC3)cc1)NC2O. The fourth-order valence-corrected chi connectivity index (χ4v) is 4.05. The molecule has 30 heavy (non-hydrogen) atoms. The highest BCUT2D eigenvalue weighted by Gasteiger charge is 2.21. The third-order valence-corrected chi connectivity index (χ3v) is 5.90. The van der Waals surface area contributed by atoms with Gasteiger partial charge >= 0.3 is 0 Å². The first-order valence-corrected chi connectivity index (χ1v) is 10.5. The van der Waals surface area contributed by atoms with Crippen molar-refractivity contribution in [3.05, 3.63) is 70.3 Å². The number of likely N-dealkylation sites (N-methyl/N-ethyl adjacent to an activating group) is 1. The van der Waals surface area contributed by atoms with Crippen molar-refractivity contribution in [1.29, 1.82) is 0 Å². The number of aliphatic hydroxyl groups excluding tert-OH is 1. The number of benzene rings is 2. The number of nitrogens with zero attached hydrogens (tertiary/aromatic N) is 2. The molecule has 4 rings (SSSR count). The van der Waals surface area contributed by atoms with Crippen LogP contribution in [0.4, 0.5) is 0 Å². The Morgan fingerprint density at radius 3 is 2.57 bits per heavy atom. The van der Waals surface area contributed by atoms with Gasteiger partial charge in [0, 0.05) is 57.5 Å². The standard InChI is InChI=1S/C24H30N4O2/c1-17(29)25-15-20-4-3-5-21-22(20)14-23(26-24(21)30)19-8-6-18(7-9-19)16-28-12-10-27(2)11-13-28/h3-9,14,24,26,30H,10-13,15-16H2,1-2H3,(H,25,29). The van der Waals surface area contributed by atoms with Crippen LogP contribution in [-0.4, -0.2) is 54.0 Å². The summed E-state index contributed by atoms with van der Waals surface area (Å²) >= 11 is 0. The predicted octanol–water partition coefficient (Wildman–Crippen LogP) is 2.16. The summed E-state index contributed by atoms with van der Waals surface area (Å²) < 4.78 is 0. The molecule has 1 saturated heterocycles. The zero-order chi connectivity index (χ0) is 21.1. The van der Waals surface area contributed by atoms with Gasteiger partial charge < -0.3 is 20.6 Å². The Balaban J connectivity index is 1.52. The summed E-state index contributed by atoms with van der Waals surface area (Å²) in [5.74, 6) is -0.0674. The summed E-state index contributed by atoms with van der Waals surface area (Å²) in [6, 6.07) is 14.4. The van der Waals surface area contributed by atoms with E-state index in [0.29, 0.717) is 6.54 Å². The van der Waals surface area contributed by atoms with Crippen molar-refractivity contribution in [2.75, 3.05) is 33.2 Å². The highest BCUT2D eigenvalue weighted by Crippen LogP contribution is 2.31. The quantitative estimate of drug-likeness (QED) is 0.710. The molecule has 158 valence electrons. The van der Waals surface area contributed by atoms with Gasteiger partial charge in [-0.05, 0) is 35.4 Å². The lowest BCUT2D eigenvalue weighted by molar-refractivity contribution is -0.119. The molecule has 0 saturated carbocycles. The summed E-state index contributed by atoms with van der Waals surface area (Å²) in [6.45, 7) is 7.36. The van der Waals surface area contributed by atoms with Gasteiger partial charge in [-0.2, -0.15) is 0 Å². The number of amides is 1. The molecule has 2 aliphatic rings. The van der Waals surface area contributed by atoms with Crippen LogP contribution in [0.2, 0.25) is 0 Å². The minimum atomic E-state index is -0.776. The second kappa shape index (κ2) is 9.00. The molecule has 0 bridgehead atoms. The van der Waals surface area contributed by atoms with E-state index < -0.39 is 6.23 Å². The van der Waals surface area contributed by atoms with Crippen LogP contribution in [-0.2, 0) is 17.9 Å². The van der Waals surface area contributed by atoms with E-state index in [2.05, 4.69) is 57.8 Å². The molecule has 3 N–H and O–H groups in total. The molecule has 2 aliphatic heterocycles. The van der Waals surface area contributed by atoms with Gasteiger partial charge in [-0.3, -0.25) is 9.69 Å². The summed E-state index contributed by atoms with van der Waals surface area (Å²) in [5.41, 5.74) is 6.01. The maximum Gasteiger partial charge on any atom is 0.217 e. The van der Waals surface area contributed by atoms with E-state index in [1.165, 1.54) is 12.5 Å². The number of hydrogen-bond donors (Lipinski definition) is 3. The van der Waals surface area contributed by atoms with Crippen molar-refractivity contribution in [2.24, 2.45) is 0 Å². The van der Waals surface area contributed by atoms with Gasteiger partial charge in [0.1, 0.15) is 0 Å². The molecular formula is C24H30N4O2. The van der Waals surface area contributed by atoms with Gasteiger partial charge in [0.05, 0.1) is 0 Å². The van der Waals surface area contributed by atoms with Crippen molar-refractivity contribution in [2.45, 2.75) is 26.2 Å². The number of carbonyl (C=O) groups is 1. The van der Waals surface area contributed by atoms with Gasteiger partial charge in [-0.1, -0.05) is 42.5 Å². The van der Waals surface area contributed by atoms with Crippen molar-refractivity contribution < 1.29 is 9.90 Å². The van der Waals surface area contributed by atoms with E-state index in [1.807, 2.05) is 18.2 Å². The van der Waals surface area contributed by atoms with E-state index in [-0.39, 0.29) is 5.91 Å². The molecule has 2 heterocycles. The highest BCUT2D eigenvalue weighted by molar-refractivity contribution is 5.84. The molecule has 0 radical (unpaired) electrons. The monoisotopic (exact) mass is 406 g/mol. The Morgan fingerprint density at radius 2 is 1.87 bits per heavy atom. The van der Waals surface area contributed by atoms with Gasteiger partial charge in [0.15, 0.2) is 6.23 Å². The van der Waals surface area contributed by atoms with Crippen molar-refractivity contribution in [3.63, 3.8) is 0 Å². The van der Waals surface area contributed by atoms with Gasteiger partial charge in [0.2, 0.25) is 5.91 Å². The smallest absolute Gasteiger partial charge is 0.217 e. The maximum atomic E-state index is 11.3. The van der Waals surface area contributed by atoms with E-state index in [4.69, 9.17) is 0 Å². The van der Waals surface area contributed by atoms with Crippen LogP contribution in [0.25, 0.3) is 11.8 Å². The molecule has 2 aromatic rings.